The van der Waals surface area contributed by atoms with E-state index in [-0.39, 0.29) is 17.9 Å². The number of hydrogen-bond donors (Lipinski definition) is 1. The molecule has 0 aliphatic carbocycles. The molecule has 2 N–H and O–H groups in total. The Kier molecular flexibility index (Phi) is 5.76. The summed E-state index contributed by atoms with van der Waals surface area (Å²) < 4.78 is 13.0. The van der Waals surface area contributed by atoms with Gasteiger partial charge in [-0.2, -0.15) is 0 Å². The van der Waals surface area contributed by atoms with Crippen molar-refractivity contribution in [1.82, 2.24) is 4.90 Å². The van der Waals surface area contributed by atoms with Crippen LogP contribution < -0.4 is 5.73 Å². The fourth-order valence-corrected chi connectivity index (χ4v) is 2.43. The maximum absolute atomic E-state index is 13.0. The minimum Gasteiger partial charge on any atom is -0.326 e. The van der Waals surface area contributed by atoms with E-state index in [1.54, 1.807) is 0 Å². The molecule has 0 radical (unpaired) electrons. The molecule has 0 aromatic heterocycles. The Labute approximate surface area is 110 Å². The number of halogens is 1. The number of nitrogens with zero attached hydrogens (tertiary/aromatic N) is 1. The summed E-state index contributed by atoms with van der Waals surface area (Å²) >= 11 is 0. The van der Waals surface area contributed by atoms with Gasteiger partial charge in [-0.15, -0.1) is 0 Å². The molecular formula is C15H25FN2. The topological polar surface area (TPSA) is 29.3 Å². The van der Waals surface area contributed by atoms with Crippen molar-refractivity contribution in [1.29, 1.82) is 0 Å². The van der Waals surface area contributed by atoms with Crippen LogP contribution in [-0.2, 0) is 0 Å². The molecule has 0 aliphatic rings. The van der Waals surface area contributed by atoms with Crippen LogP contribution in [0.15, 0.2) is 24.3 Å². The Hall–Kier alpha value is -0.930. The first-order valence-corrected chi connectivity index (χ1v) is 6.74. The number of nitrogens with two attached hydrogens (primary N) is 1. The average molecular weight is 252 g/mol. The van der Waals surface area contributed by atoms with Crippen molar-refractivity contribution in [2.45, 2.75) is 52.2 Å². The highest BCUT2D eigenvalue weighted by molar-refractivity contribution is 5.21. The molecule has 0 bridgehead atoms. The summed E-state index contributed by atoms with van der Waals surface area (Å²) in [6.45, 7) is 9.53. The van der Waals surface area contributed by atoms with Crippen molar-refractivity contribution < 1.29 is 4.39 Å². The summed E-state index contributed by atoms with van der Waals surface area (Å²) in [6, 6.07) is 7.29. The van der Waals surface area contributed by atoms with Crippen LogP contribution in [0, 0.1) is 5.82 Å². The zero-order chi connectivity index (χ0) is 13.7. The van der Waals surface area contributed by atoms with E-state index in [9.17, 15) is 4.39 Å². The van der Waals surface area contributed by atoms with Crippen molar-refractivity contribution in [2.75, 3.05) is 6.54 Å². The van der Waals surface area contributed by atoms with Crippen molar-refractivity contribution in [3.8, 4) is 0 Å². The Morgan fingerprint density at radius 3 is 2.11 bits per heavy atom. The van der Waals surface area contributed by atoms with Crippen LogP contribution in [0.25, 0.3) is 0 Å². The van der Waals surface area contributed by atoms with Gasteiger partial charge < -0.3 is 5.73 Å². The second-order valence-corrected chi connectivity index (χ2v) is 5.19. The molecule has 1 rings (SSSR count). The van der Waals surface area contributed by atoms with Gasteiger partial charge in [0.1, 0.15) is 5.82 Å². The summed E-state index contributed by atoms with van der Waals surface area (Å²) in [5.41, 5.74) is 7.23. The molecular weight excluding hydrogens is 227 g/mol. The average Bonchev–Trinajstić information content (AvgIpc) is 2.30. The van der Waals surface area contributed by atoms with E-state index in [2.05, 4.69) is 25.7 Å². The Morgan fingerprint density at radius 1 is 1.17 bits per heavy atom. The van der Waals surface area contributed by atoms with Crippen molar-refractivity contribution in [3.05, 3.63) is 35.6 Å². The Morgan fingerprint density at radius 2 is 1.72 bits per heavy atom. The zero-order valence-electron chi connectivity index (χ0n) is 11.9. The van der Waals surface area contributed by atoms with Crippen molar-refractivity contribution in [2.24, 2.45) is 5.73 Å². The van der Waals surface area contributed by atoms with Crippen molar-refractivity contribution >= 4 is 0 Å². The molecule has 18 heavy (non-hydrogen) atoms. The lowest BCUT2D eigenvalue weighted by atomic mass is 9.97. The van der Waals surface area contributed by atoms with Gasteiger partial charge >= 0.3 is 0 Å². The lowest BCUT2D eigenvalue weighted by Gasteiger charge is -2.37. The highest BCUT2D eigenvalue weighted by Gasteiger charge is 2.25. The standard InChI is InChI=1S/C15H25FN2/c1-5-10-18(11(2)3)15(12(4)17)13-6-8-14(16)9-7-13/h6-9,11-12,15H,5,10,17H2,1-4H3. The highest BCUT2D eigenvalue weighted by atomic mass is 19.1. The lowest BCUT2D eigenvalue weighted by Crippen LogP contribution is -2.43. The van der Waals surface area contributed by atoms with E-state index in [1.807, 2.05) is 19.1 Å². The second kappa shape index (κ2) is 6.86. The van der Waals surface area contributed by atoms with Gasteiger partial charge in [0, 0.05) is 18.1 Å². The van der Waals surface area contributed by atoms with E-state index in [0.717, 1.165) is 18.5 Å². The minimum atomic E-state index is -0.200. The van der Waals surface area contributed by atoms with Gasteiger partial charge in [0.05, 0.1) is 0 Å². The fraction of sp³-hybridized carbons (Fsp3) is 0.600. The third-order valence-corrected chi connectivity index (χ3v) is 3.21. The summed E-state index contributed by atoms with van der Waals surface area (Å²) in [5, 5.41) is 0. The molecule has 2 atom stereocenters. The van der Waals surface area contributed by atoms with Gasteiger partial charge in [0.2, 0.25) is 0 Å². The van der Waals surface area contributed by atoms with Crippen LogP contribution in [0.2, 0.25) is 0 Å². The van der Waals surface area contributed by atoms with Crippen LogP contribution in [0.4, 0.5) is 4.39 Å². The quantitative estimate of drug-likeness (QED) is 0.841. The van der Waals surface area contributed by atoms with Gasteiger partial charge in [-0.05, 0) is 51.4 Å². The normalized spacial score (nSPS) is 15.1. The summed E-state index contributed by atoms with van der Waals surface area (Å²) in [4.78, 5) is 2.39. The van der Waals surface area contributed by atoms with E-state index < -0.39 is 0 Å². The molecule has 102 valence electrons. The third-order valence-electron chi connectivity index (χ3n) is 3.21. The predicted octanol–water partition coefficient (Wildman–Crippen LogP) is 3.33. The lowest BCUT2D eigenvalue weighted by molar-refractivity contribution is 0.136. The second-order valence-electron chi connectivity index (χ2n) is 5.19. The minimum absolute atomic E-state index is 0.0180. The van der Waals surface area contributed by atoms with E-state index >= 15 is 0 Å². The van der Waals surface area contributed by atoms with Gasteiger partial charge in [0.15, 0.2) is 0 Å². The van der Waals surface area contributed by atoms with E-state index in [1.165, 1.54) is 12.1 Å². The molecule has 0 saturated heterocycles. The molecule has 0 saturated carbocycles. The molecule has 1 aromatic rings. The van der Waals surface area contributed by atoms with Crippen LogP contribution in [0.1, 0.15) is 45.7 Å². The van der Waals surface area contributed by atoms with Gasteiger partial charge in [-0.3, -0.25) is 4.90 Å². The maximum atomic E-state index is 13.0. The largest absolute Gasteiger partial charge is 0.326 e. The summed E-state index contributed by atoms with van der Waals surface area (Å²) in [5.74, 6) is -0.200. The first-order valence-electron chi connectivity index (χ1n) is 6.74. The zero-order valence-corrected chi connectivity index (χ0v) is 11.9. The van der Waals surface area contributed by atoms with Crippen LogP contribution in [-0.4, -0.2) is 23.5 Å². The van der Waals surface area contributed by atoms with E-state index in [0.29, 0.717) is 6.04 Å². The Balaban J connectivity index is 3.03. The smallest absolute Gasteiger partial charge is 0.123 e. The highest BCUT2D eigenvalue weighted by Crippen LogP contribution is 2.26. The SMILES string of the molecule is CCCN(C(C)C)C(c1ccc(F)cc1)C(C)N. The van der Waals surface area contributed by atoms with Gasteiger partial charge in [0.25, 0.3) is 0 Å². The first kappa shape index (κ1) is 15.1. The number of hydrogen-bond acceptors (Lipinski definition) is 2. The molecule has 0 aliphatic heterocycles. The molecule has 0 spiro atoms. The molecule has 3 heteroatoms. The monoisotopic (exact) mass is 252 g/mol. The predicted molar refractivity (Wildman–Crippen MR) is 74.9 cm³/mol. The molecule has 2 unspecified atom stereocenters. The van der Waals surface area contributed by atoms with Crippen molar-refractivity contribution in [3.63, 3.8) is 0 Å². The molecule has 0 fully saturated rings. The summed E-state index contributed by atoms with van der Waals surface area (Å²) in [7, 11) is 0. The third kappa shape index (κ3) is 3.79. The number of benzene rings is 1. The van der Waals surface area contributed by atoms with Crippen LogP contribution >= 0.6 is 0 Å². The van der Waals surface area contributed by atoms with Gasteiger partial charge in [-0.1, -0.05) is 19.1 Å². The van der Waals surface area contributed by atoms with Gasteiger partial charge in [-0.25, -0.2) is 4.39 Å². The first-order chi connectivity index (χ1) is 8.47. The Bertz CT molecular complexity index is 346. The molecule has 1 aromatic carbocycles. The van der Waals surface area contributed by atoms with E-state index in [4.69, 9.17) is 5.73 Å². The molecule has 0 heterocycles. The fourth-order valence-electron chi connectivity index (χ4n) is 2.43. The van der Waals surface area contributed by atoms with Crippen LogP contribution in [0.3, 0.4) is 0 Å². The molecule has 0 amide bonds. The molecule has 2 nitrogen and oxygen atoms in total. The summed E-state index contributed by atoms with van der Waals surface area (Å²) in [6.07, 6.45) is 1.09. The number of rotatable bonds is 6. The maximum Gasteiger partial charge on any atom is 0.123 e. The van der Waals surface area contributed by atoms with Crippen LogP contribution in [0.5, 0.6) is 0 Å².